The SMILES string of the molecule is COc1cc(NC(=O)C(=O)NCC2CC3C=CC2C3)ccc1N1CCCCS1(=O)=O. The molecule has 0 aromatic heterocycles. The molecule has 2 aliphatic carbocycles. The van der Waals surface area contributed by atoms with E-state index in [1.54, 1.807) is 12.1 Å². The normalized spacial score (nSPS) is 26.4. The summed E-state index contributed by atoms with van der Waals surface area (Å²) >= 11 is 0. The summed E-state index contributed by atoms with van der Waals surface area (Å²) in [7, 11) is -1.94. The molecule has 2 amide bonds. The largest absolute Gasteiger partial charge is 0.494 e. The molecule has 30 heavy (non-hydrogen) atoms. The van der Waals surface area contributed by atoms with Crippen LogP contribution in [0.4, 0.5) is 11.4 Å². The van der Waals surface area contributed by atoms with Crippen LogP contribution >= 0.6 is 0 Å². The maximum atomic E-state index is 12.4. The molecule has 2 N–H and O–H groups in total. The van der Waals surface area contributed by atoms with Crippen LogP contribution in [0.5, 0.6) is 5.75 Å². The van der Waals surface area contributed by atoms with Gasteiger partial charge in [-0.2, -0.15) is 0 Å². The fraction of sp³-hybridized carbons (Fsp3) is 0.524. The molecule has 3 atom stereocenters. The van der Waals surface area contributed by atoms with Gasteiger partial charge in [-0.3, -0.25) is 13.9 Å². The molecule has 2 bridgehead atoms. The van der Waals surface area contributed by atoms with E-state index in [0.29, 0.717) is 54.4 Å². The Labute approximate surface area is 176 Å². The highest BCUT2D eigenvalue weighted by molar-refractivity contribution is 7.92. The second kappa shape index (κ2) is 8.29. The van der Waals surface area contributed by atoms with Crippen LogP contribution in [0.2, 0.25) is 0 Å². The van der Waals surface area contributed by atoms with Gasteiger partial charge in [0, 0.05) is 24.8 Å². The Hall–Kier alpha value is -2.55. The minimum Gasteiger partial charge on any atom is -0.494 e. The Morgan fingerprint density at radius 2 is 2.00 bits per heavy atom. The Kier molecular flexibility index (Phi) is 5.73. The number of benzene rings is 1. The van der Waals surface area contributed by atoms with Gasteiger partial charge >= 0.3 is 11.8 Å². The van der Waals surface area contributed by atoms with Crippen LogP contribution in [0.15, 0.2) is 30.4 Å². The minimum atomic E-state index is -3.38. The van der Waals surface area contributed by atoms with Crippen LogP contribution in [-0.4, -0.2) is 46.2 Å². The van der Waals surface area contributed by atoms with Crippen molar-refractivity contribution in [1.29, 1.82) is 0 Å². The zero-order valence-electron chi connectivity index (χ0n) is 17.0. The van der Waals surface area contributed by atoms with E-state index < -0.39 is 21.8 Å². The lowest BCUT2D eigenvalue weighted by atomic mass is 9.94. The first-order valence-electron chi connectivity index (χ1n) is 10.3. The number of ether oxygens (including phenoxy) is 1. The topological polar surface area (TPSA) is 105 Å². The number of carbonyl (C=O) groups excluding carboxylic acids is 2. The van der Waals surface area contributed by atoms with Gasteiger partial charge in [0.2, 0.25) is 10.0 Å². The molecule has 4 rings (SSSR count). The number of fused-ring (bicyclic) bond motifs is 2. The number of nitrogens with zero attached hydrogens (tertiary/aromatic N) is 1. The Balaban J connectivity index is 1.38. The predicted molar refractivity (Wildman–Crippen MR) is 114 cm³/mol. The number of hydrogen-bond acceptors (Lipinski definition) is 5. The molecular formula is C21H27N3O5S. The van der Waals surface area contributed by atoms with Crippen LogP contribution in [-0.2, 0) is 19.6 Å². The number of anilines is 2. The molecule has 1 aliphatic heterocycles. The molecule has 1 heterocycles. The fourth-order valence-electron chi connectivity index (χ4n) is 4.64. The van der Waals surface area contributed by atoms with Crippen molar-refractivity contribution in [2.45, 2.75) is 25.7 Å². The molecular weight excluding hydrogens is 406 g/mol. The standard InChI is InChI=1S/C21H27N3O5S/c1-29-19-12-17(6-7-18(19)24-8-2-3-9-30(24,27)28)23-21(26)20(25)22-13-16-11-14-4-5-15(16)10-14/h4-7,12,14-16H,2-3,8-11,13H2,1H3,(H,22,25)(H,23,26). The van der Waals surface area contributed by atoms with Gasteiger partial charge in [-0.1, -0.05) is 12.2 Å². The lowest BCUT2D eigenvalue weighted by Gasteiger charge is -2.29. The fourth-order valence-corrected chi connectivity index (χ4v) is 6.29. The maximum Gasteiger partial charge on any atom is 0.313 e. The monoisotopic (exact) mass is 433 g/mol. The molecule has 3 unspecified atom stereocenters. The molecule has 0 spiro atoms. The van der Waals surface area contributed by atoms with Crippen molar-refractivity contribution >= 4 is 33.2 Å². The van der Waals surface area contributed by atoms with E-state index in [0.717, 1.165) is 19.3 Å². The summed E-state index contributed by atoms with van der Waals surface area (Å²) in [6.07, 6.45) is 8.07. The van der Waals surface area contributed by atoms with Gasteiger partial charge in [-0.25, -0.2) is 8.42 Å². The van der Waals surface area contributed by atoms with E-state index in [1.807, 2.05) is 0 Å². The summed E-state index contributed by atoms with van der Waals surface area (Å²) in [4.78, 5) is 24.5. The molecule has 3 aliphatic rings. The summed E-state index contributed by atoms with van der Waals surface area (Å²) < 4.78 is 31.4. The van der Waals surface area contributed by atoms with Gasteiger partial charge in [0.25, 0.3) is 0 Å². The maximum absolute atomic E-state index is 12.4. The molecule has 1 saturated carbocycles. The molecule has 1 saturated heterocycles. The van der Waals surface area contributed by atoms with E-state index in [2.05, 4.69) is 22.8 Å². The number of amides is 2. The summed E-state index contributed by atoms with van der Waals surface area (Å²) in [6.45, 7) is 0.887. The number of nitrogens with one attached hydrogen (secondary N) is 2. The third kappa shape index (κ3) is 4.16. The van der Waals surface area contributed by atoms with Crippen molar-refractivity contribution in [1.82, 2.24) is 5.32 Å². The van der Waals surface area contributed by atoms with E-state index in [1.165, 1.54) is 17.5 Å². The van der Waals surface area contributed by atoms with Crippen molar-refractivity contribution in [3.63, 3.8) is 0 Å². The first kappa shape index (κ1) is 20.7. The molecule has 162 valence electrons. The highest BCUT2D eigenvalue weighted by Gasteiger charge is 2.35. The molecule has 2 fully saturated rings. The zero-order chi connectivity index (χ0) is 21.3. The molecule has 1 aromatic carbocycles. The van der Waals surface area contributed by atoms with Gasteiger partial charge < -0.3 is 15.4 Å². The van der Waals surface area contributed by atoms with Crippen LogP contribution in [0.25, 0.3) is 0 Å². The first-order valence-corrected chi connectivity index (χ1v) is 11.9. The third-order valence-corrected chi connectivity index (χ3v) is 8.06. The number of sulfonamides is 1. The summed E-state index contributed by atoms with van der Waals surface area (Å²) in [6, 6.07) is 4.70. The smallest absolute Gasteiger partial charge is 0.313 e. The zero-order valence-corrected chi connectivity index (χ0v) is 17.8. The Morgan fingerprint density at radius 3 is 2.67 bits per heavy atom. The number of rotatable bonds is 5. The molecule has 9 heteroatoms. The molecule has 0 radical (unpaired) electrons. The van der Waals surface area contributed by atoms with Crippen LogP contribution in [0.3, 0.4) is 0 Å². The van der Waals surface area contributed by atoms with Crippen molar-refractivity contribution < 1.29 is 22.7 Å². The summed E-state index contributed by atoms with van der Waals surface area (Å²) in [5, 5.41) is 5.29. The highest BCUT2D eigenvalue weighted by atomic mass is 32.2. The quantitative estimate of drug-likeness (QED) is 0.545. The van der Waals surface area contributed by atoms with Gasteiger partial charge in [0.1, 0.15) is 5.75 Å². The van der Waals surface area contributed by atoms with Gasteiger partial charge in [0.05, 0.1) is 18.6 Å². The summed E-state index contributed by atoms with van der Waals surface area (Å²) in [5.41, 5.74) is 0.803. The molecule has 1 aromatic rings. The number of methoxy groups -OCH3 is 1. The highest BCUT2D eigenvalue weighted by Crippen LogP contribution is 2.43. The van der Waals surface area contributed by atoms with Crippen LogP contribution < -0.4 is 19.7 Å². The third-order valence-electron chi connectivity index (χ3n) is 6.20. The summed E-state index contributed by atoms with van der Waals surface area (Å²) in [5.74, 6) is 0.502. The van der Waals surface area contributed by atoms with E-state index in [-0.39, 0.29) is 5.75 Å². The number of allylic oxidation sites excluding steroid dienone is 2. The average molecular weight is 434 g/mol. The number of carbonyl (C=O) groups is 2. The van der Waals surface area contributed by atoms with Gasteiger partial charge in [-0.15, -0.1) is 0 Å². The second-order valence-electron chi connectivity index (χ2n) is 8.19. The average Bonchev–Trinajstić information content (AvgIpc) is 3.35. The van der Waals surface area contributed by atoms with E-state index in [4.69, 9.17) is 4.74 Å². The van der Waals surface area contributed by atoms with Crippen molar-refractivity contribution in [2.24, 2.45) is 17.8 Å². The van der Waals surface area contributed by atoms with Crippen molar-refractivity contribution in [3.05, 3.63) is 30.4 Å². The minimum absolute atomic E-state index is 0.104. The Morgan fingerprint density at radius 1 is 1.17 bits per heavy atom. The first-order chi connectivity index (χ1) is 14.4. The van der Waals surface area contributed by atoms with E-state index >= 15 is 0 Å². The second-order valence-corrected chi connectivity index (χ2v) is 10.2. The van der Waals surface area contributed by atoms with E-state index in [9.17, 15) is 18.0 Å². The van der Waals surface area contributed by atoms with Crippen LogP contribution in [0, 0.1) is 17.8 Å². The van der Waals surface area contributed by atoms with Crippen molar-refractivity contribution in [2.75, 3.05) is 35.6 Å². The lowest BCUT2D eigenvalue weighted by molar-refractivity contribution is -0.136. The predicted octanol–water partition coefficient (Wildman–Crippen LogP) is 1.89. The number of hydrogen-bond donors (Lipinski definition) is 2. The van der Waals surface area contributed by atoms with Gasteiger partial charge in [-0.05, 0) is 55.6 Å². The van der Waals surface area contributed by atoms with Crippen molar-refractivity contribution in [3.8, 4) is 5.75 Å². The lowest BCUT2D eigenvalue weighted by Crippen LogP contribution is -2.39. The molecule has 8 nitrogen and oxygen atoms in total. The van der Waals surface area contributed by atoms with Gasteiger partial charge in [0.15, 0.2) is 0 Å². The van der Waals surface area contributed by atoms with Crippen LogP contribution in [0.1, 0.15) is 25.7 Å². The Bertz CT molecular complexity index is 975.